The van der Waals surface area contributed by atoms with Crippen molar-refractivity contribution in [3.8, 4) is 78.6 Å². The van der Waals surface area contributed by atoms with Crippen molar-refractivity contribution in [2.24, 2.45) is 0 Å². The number of nitrogens with zero attached hydrogens (tertiary/aromatic N) is 1. The van der Waals surface area contributed by atoms with Crippen molar-refractivity contribution < 1.29 is 9.47 Å². The quantitative estimate of drug-likeness (QED) is 0.166. The van der Waals surface area contributed by atoms with Crippen molar-refractivity contribution >= 4 is 17.1 Å². The van der Waals surface area contributed by atoms with E-state index in [1.54, 1.807) is 0 Å². The molecule has 0 saturated carbocycles. The smallest absolute Gasteiger partial charge is 0.132 e. The molecule has 2 aliphatic carbocycles. The molecule has 4 aliphatic rings. The Bertz CT molecular complexity index is 4290. The molecular weight excluding hydrogens is 935 g/mol. The Morgan fingerprint density at radius 3 is 1.26 bits per heavy atom. The van der Waals surface area contributed by atoms with E-state index in [1.165, 1.54) is 50.1 Å². The van der Waals surface area contributed by atoms with Gasteiger partial charge in [0.1, 0.15) is 23.0 Å². The number of hydrogen-bond donors (Lipinski definition) is 0. The summed E-state index contributed by atoms with van der Waals surface area (Å²) in [6, 6.07) is 104. The van der Waals surface area contributed by atoms with Crippen LogP contribution >= 0.6 is 0 Å². The van der Waals surface area contributed by atoms with Crippen LogP contribution in [0.2, 0.25) is 0 Å². The Morgan fingerprint density at radius 1 is 0.234 bits per heavy atom. The highest BCUT2D eigenvalue weighted by atomic mass is 16.5. The Morgan fingerprint density at radius 2 is 0.636 bits per heavy atom. The summed E-state index contributed by atoms with van der Waals surface area (Å²) >= 11 is 0. The van der Waals surface area contributed by atoms with Crippen molar-refractivity contribution in [1.29, 1.82) is 0 Å². The molecule has 2 spiro atoms. The van der Waals surface area contributed by atoms with Crippen LogP contribution in [0, 0.1) is 0 Å². The summed E-state index contributed by atoms with van der Waals surface area (Å²) in [7, 11) is 0. The fourth-order valence-corrected chi connectivity index (χ4v) is 13.8. The Balaban J connectivity index is 0.886. The Hall–Kier alpha value is -9.96. The maximum atomic E-state index is 6.69. The van der Waals surface area contributed by atoms with Crippen LogP contribution in [0.25, 0.3) is 55.6 Å². The van der Waals surface area contributed by atoms with Crippen molar-refractivity contribution in [1.82, 2.24) is 0 Å². The predicted octanol–water partition coefficient (Wildman–Crippen LogP) is 19.1. The minimum Gasteiger partial charge on any atom is -0.457 e. The number of rotatable bonds is 6. The molecule has 360 valence electrons. The van der Waals surface area contributed by atoms with E-state index >= 15 is 0 Å². The van der Waals surface area contributed by atoms with E-state index in [1.807, 2.05) is 0 Å². The number of hydrogen-bond acceptors (Lipinski definition) is 3. The first-order valence-electron chi connectivity index (χ1n) is 26.6. The van der Waals surface area contributed by atoms with Crippen LogP contribution in [0.3, 0.4) is 0 Å². The molecule has 0 radical (unpaired) electrons. The molecule has 0 bridgehead atoms. The number of ether oxygens (including phenoxy) is 2. The third kappa shape index (κ3) is 6.14. The first kappa shape index (κ1) is 43.4. The van der Waals surface area contributed by atoms with Crippen molar-refractivity contribution in [2.45, 2.75) is 10.8 Å². The van der Waals surface area contributed by atoms with Gasteiger partial charge in [0, 0.05) is 39.2 Å². The van der Waals surface area contributed by atoms with Crippen molar-refractivity contribution in [2.75, 3.05) is 4.90 Å². The van der Waals surface area contributed by atoms with Gasteiger partial charge < -0.3 is 14.4 Å². The van der Waals surface area contributed by atoms with E-state index in [9.17, 15) is 0 Å². The van der Waals surface area contributed by atoms with E-state index in [0.29, 0.717) is 0 Å². The lowest BCUT2D eigenvalue weighted by molar-refractivity contribution is 0.436. The topological polar surface area (TPSA) is 21.7 Å². The number of anilines is 3. The average molecular weight is 982 g/mol. The third-order valence-corrected chi connectivity index (χ3v) is 16.8. The average Bonchev–Trinajstić information content (AvgIpc) is 3.75. The molecule has 0 atom stereocenters. The monoisotopic (exact) mass is 981 g/mol. The molecule has 12 aromatic carbocycles. The molecule has 0 saturated heterocycles. The first-order chi connectivity index (χ1) is 38.2. The molecule has 3 nitrogen and oxygen atoms in total. The highest BCUT2D eigenvalue weighted by Gasteiger charge is 2.53. The molecule has 0 amide bonds. The molecule has 16 rings (SSSR count). The number of para-hydroxylation sites is 5. The maximum absolute atomic E-state index is 6.69. The second-order valence-electron chi connectivity index (χ2n) is 20.6. The van der Waals surface area contributed by atoms with Crippen molar-refractivity contribution in [3.05, 3.63) is 330 Å². The lowest BCUT2D eigenvalue weighted by Gasteiger charge is -2.39. The standard InChI is InChI=1S/C74H47NO2/c1-2-21-48(22-3-1)54-27-6-13-38-67(54)75(52-25-18-23-49(45-52)50-43-44-57-56-28-4-7-31-59(56)74(66(57)47-50)63-35-11-16-41-70(63)77-71-42-17-12-36-64(71)74)53-26-19-24-51(46-53)55-30-20-37-65-72(55)58-29-5-8-32-60(58)73(65)61-33-9-14-39-68(61)76-69-40-15-10-34-62(69)73/h1-47H. The fraction of sp³-hybridized carbons (Fsp3) is 0.0270. The first-order valence-corrected chi connectivity index (χ1v) is 26.6. The predicted molar refractivity (Wildman–Crippen MR) is 312 cm³/mol. The SMILES string of the molecule is c1ccc(-c2ccccc2N(c2cccc(-c3ccc4c(c3)C3(c5ccccc5Oc5ccccc53)c3ccccc3-4)c2)c2cccc(-c3cccc4c3-c3ccccc3C43c4ccccc4Oc4ccccc43)c2)cc1. The fourth-order valence-electron chi connectivity index (χ4n) is 13.8. The normalized spacial score (nSPS) is 13.9. The van der Waals surface area contributed by atoms with Gasteiger partial charge in [-0.1, -0.05) is 224 Å². The number of fused-ring (bicyclic) bond motifs is 18. The second kappa shape index (κ2) is 16.8. The molecule has 0 aromatic heterocycles. The van der Waals surface area contributed by atoms with Gasteiger partial charge in [0.2, 0.25) is 0 Å². The van der Waals surface area contributed by atoms with Crippen LogP contribution in [0.5, 0.6) is 23.0 Å². The van der Waals surface area contributed by atoms with Gasteiger partial charge in [-0.2, -0.15) is 0 Å². The largest absolute Gasteiger partial charge is 0.457 e. The minimum atomic E-state index is -0.568. The van der Waals surface area contributed by atoms with Crippen LogP contribution in [0.1, 0.15) is 44.5 Å². The van der Waals surface area contributed by atoms with Crippen LogP contribution in [0.15, 0.2) is 285 Å². The van der Waals surface area contributed by atoms with Gasteiger partial charge in [-0.3, -0.25) is 0 Å². The summed E-state index contributed by atoms with van der Waals surface area (Å²) < 4.78 is 13.4. The van der Waals surface area contributed by atoms with Gasteiger partial charge in [0.05, 0.1) is 16.5 Å². The summed E-state index contributed by atoms with van der Waals surface area (Å²) in [5, 5.41) is 0. The summed E-state index contributed by atoms with van der Waals surface area (Å²) in [4.78, 5) is 2.45. The third-order valence-electron chi connectivity index (χ3n) is 16.8. The minimum absolute atomic E-state index is 0.566. The van der Waals surface area contributed by atoms with Gasteiger partial charge in [0.25, 0.3) is 0 Å². The van der Waals surface area contributed by atoms with E-state index < -0.39 is 10.8 Å². The lowest BCUT2D eigenvalue weighted by Crippen LogP contribution is -2.32. The van der Waals surface area contributed by atoms with E-state index in [4.69, 9.17) is 9.47 Å². The zero-order valence-corrected chi connectivity index (χ0v) is 41.9. The van der Waals surface area contributed by atoms with E-state index in [0.717, 1.165) is 90.1 Å². The summed E-state index contributed by atoms with van der Waals surface area (Å²) in [6.45, 7) is 0. The van der Waals surface area contributed by atoms with Gasteiger partial charge in [0.15, 0.2) is 0 Å². The lowest BCUT2D eigenvalue weighted by atomic mass is 9.66. The summed E-state index contributed by atoms with van der Waals surface area (Å²) in [5.74, 6) is 3.55. The highest BCUT2D eigenvalue weighted by molar-refractivity contribution is 5.98. The summed E-state index contributed by atoms with van der Waals surface area (Å²) in [5.41, 5.74) is 23.6. The molecule has 2 aliphatic heterocycles. The van der Waals surface area contributed by atoms with Crippen LogP contribution in [-0.4, -0.2) is 0 Å². The molecular formula is C74H47NO2. The number of benzene rings is 12. The Kier molecular flexibility index (Phi) is 9.47. The molecule has 12 aromatic rings. The highest BCUT2D eigenvalue weighted by Crippen LogP contribution is 2.65. The zero-order chi connectivity index (χ0) is 50.7. The van der Waals surface area contributed by atoms with Gasteiger partial charge in [-0.15, -0.1) is 0 Å². The molecule has 0 N–H and O–H groups in total. The maximum Gasteiger partial charge on any atom is 0.132 e. The van der Waals surface area contributed by atoms with Gasteiger partial charge in [-0.05, 0) is 133 Å². The van der Waals surface area contributed by atoms with Crippen molar-refractivity contribution in [3.63, 3.8) is 0 Å². The summed E-state index contributed by atoms with van der Waals surface area (Å²) in [6.07, 6.45) is 0. The van der Waals surface area contributed by atoms with E-state index in [2.05, 4.69) is 290 Å². The molecule has 77 heavy (non-hydrogen) atoms. The van der Waals surface area contributed by atoms with E-state index in [-0.39, 0.29) is 0 Å². The van der Waals surface area contributed by atoms with Crippen LogP contribution in [0.4, 0.5) is 17.1 Å². The Labute approximate surface area is 448 Å². The molecule has 3 heteroatoms. The van der Waals surface area contributed by atoms with Crippen LogP contribution < -0.4 is 14.4 Å². The van der Waals surface area contributed by atoms with Gasteiger partial charge in [-0.25, -0.2) is 0 Å². The second-order valence-corrected chi connectivity index (χ2v) is 20.6. The zero-order valence-electron chi connectivity index (χ0n) is 41.9. The molecule has 0 fully saturated rings. The van der Waals surface area contributed by atoms with Crippen LogP contribution in [-0.2, 0) is 10.8 Å². The molecule has 2 heterocycles. The molecule has 0 unspecified atom stereocenters. The van der Waals surface area contributed by atoms with Gasteiger partial charge >= 0.3 is 0 Å².